The molecule has 0 spiro atoms. The van der Waals surface area contributed by atoms with Crippen molar-refractivity contribution in [3.63, 3.8) is 0 Å². The Hall–Kier alpha value is -1.02. The molecule has 2 N–H and O–H groups in total. The zero-order chi connectivity index (χ0) is 18.4. The fraction of sp³-hybridized carbons (Fsp3) is 0.667. The summed E-state index contributed by atoms with van der Waals surface area (Å²) in [6.45, 7) is 1.85. The van der Waals surface area contributed by atoms with E-state index in [9.17, 15) is 10.2 Å². The van der Waals surface area contributed by atoms with Crippen molar-refractivity contribution in [2.75, 3.05) is 0 Å². The first-order valence-corrected chi connectivity index (χ1v) is 7.55. The molecule has 0 bridgehead atoms. The third-order valence-corrected chi connectivity index (χ3v) is 5.97. The lowest BCUT2D eigenvalue weighted by Crippen LogP contribution is -2.43. The Bertz CT molecular complexity index is 747. The average Bonchev–Trinajstić information content (AvgIpc) is 2.68. The third-order valence-electron chi connectivity index (χ3n) is 5.97. The normalized spacial score (nSPS) is 52.5. The van der Waals surface area contributed by atoms with Crippen LogP contribution in [0.4, 0.5) is 0 Å². The molecule has 3 aliphatic carbocycles. The molecule has 4 rings (SSSR count). The minimum atomic E-state index is -2.09. The Labute approximate surface area is 127 Å². The predicted octanol–water partition coefficient (Wildman–Crippen LogP) is 3.61. The molecular weight excluding hydrogens is 248 g/mol. The number of phenolic OH excluding ortho intramolecular Hbond substituents is 1. The summed E-state index contributed by atoms with van der Waals surface area (Å²) in [5.41, 5.74) is 0.965. The maximum absolute atomic E-state index is 10.7. The number of rotatable bonds is 0. The lowest BCUT2D eigenvalue weighted by atomic mass is 9.55. The van der Waals surface area contributed by atoms with Crippen molar-refractivity contribution < 1.29 is 17.1 Å². The standard InChI is InChI=1S/C18H24O2/c1-18-9-8-14-13-5-3-12(19)10-11(13)2-4-15(14)16(18)6-7-17(18)20/h3,5,10,14-17,19-20H,2,4,6-9H2,1H3/t14?,15?,16?,17-,18-/m0/s1/i3D,7D2,10D,17D. The van der Waals surface area contributed by atoms with Crippen LogP contribution in [-0.4, -0.2) is 16.3 Å². The van der Waals surface area contributed by atoms with Gasteiger partial charge in [0.15, 0.2) is 0 Å². The Kier molecular flexibility index (Phi) is 1.79. The first-order valence-electron chi connectivity index (χ1n) is 10.1. The van der Waals surface area contributed by atoms with E-state index >= 15 is 0 Å². The van der Waals surface area contributed by atoms with Crippen LogP contribution in [0.3, 0.4) is 0 Å². The summed E-state index contributed by atoms with van der Waals surface area (Å²) < 4.78 is 40.8. The molecular formula is C18H24O2. The van der Waals surface area contributed by atoms with Crippen molar-refractivity contribution in [3.05, 3.63) is 29.3 Å². The van der Waals surface area contributed by atoms with Gasteiger partial charge < -0.3 is 10.2 Å². The van der Waals surface area contributed by atoms with Crippen molar-refractivity contribution in [1.82, 2.24) is 0 Å². The number of aromatic hydroxyl groups is 1. The predicted molar refractivity (Wildman–Crippen MR) is 78.7 cm³/mol. The molecule has 0 saturated heterocycles. The van der Waals surface area contributed by atoms with Crippen LogP contribution in [0, 0.1) is 17.3 Å². The van der Waals surface area contributed by atoms with Crippen LogP contribution in [-0.2, 0) is 6.42 Å². The number of hydrogen-bond acceptors (Lipinski definition) is 2. The first-order chi connectivity index (χ1) is 11.5. The van der Waals surface area contributed by atoms with Crippen LogP contribution in [0.2, 0.25) is 0 Å². The maximum Gasteiger partial charge on any atom is 0.115 e. The Morgan fingerprint density at radius 3 is 3.15 bits per heavy atom. The second kappa shape index (κ2) is 4.24. The second-order valence-electron chi connectivity index (χ2n) is 6.80. The van der Waals surface area contributed by atoms with Crippen molar-refractivity contribution in [1.29, 1.82) is 0 Å². The summed E-state index contributed by atoms with van der Waals surface area (Å²) >= 11 is 0. The van der Waals surface area contributed by atoms with Crippen LogP contribution in [0.5, 0.6) is 5.75 Å². The van der Waals surface area contributed by atoms with E-state index in [0.29, 0.717) is 19.3 Å². The highest BCUT2D eigenvalue weighted by atomic mass is 16.3. The van der Waals surface area contributed by atoms with Gasteiger partial charge in [-0.15, -0.1) is 0 Å². The molecule has 20 heavy (non-hydrogen) atoms. The van der Waals surface area contributed by atoms with E-state index in [1.807, 2.05) is 6.92 Å². The zero-order valence-electron chi connectivity index (χ0n) is 16.7. The molecule has 2 heteroatoms. The van der Waals surface area contributed by atoms with Crippen LogP contribution in [0.25, 0.3) is 0 Å². The third kappa shape index (κ3) is 1.60. The highest BCUT2D eigenvalue weighted by Crippen LogP contribution is 2.60. The topological polar surface area (TPSA) is 40.5 Å². The van der Waals surface area contributed by atoms with Gasteiger partial charge >= 0.3 is 0 Å². The monoisotopic (exact) mass is 277 g/mol. The van der Waals surface area contributed by atoms with Crippen molar-refractivity contribution in [3.8, 4) is 5.75 Å². The fourth-order valence-corrected chi connectivity index (χ4v) is 4.81. The summed E-state index contributed by atoms with van der Waals surface area (Å²) in [6.07, 6.45) is -1.18. The molecule has 3 unspecified atom stereocenters. The molecule has 2 saturated carbocycles. The zero-order valence-corrected chi connectivity index (χ0v) is 11.7. The number of phenols is 1. The second-order valence-corrected chi connectivity index (χ2v) is 6.80. The fourth-order valence-electron chi connectivity index (χ4n) is 4.81. The summed E-state index contributed by atoms with van der Waals surface area (Å²) in [5, 5.41) is 20.6. The molecule has 108 valence electrons. The molecule has 2 fully saturated rings. The largest absolute Gasteiger partial charge is 0.508 e. The van der Waals surface area contributed by atoms with E-state index in [2.05, 4.69) is 0 Å². The van der Waals surface area contributed by atoms with Crippen molar-refractivity contribution in [2.45, 2.75) is 57.4 Å². The number of fused-ring (bicyclic) bond motifs is 5. The number of benzene rings is 1. The molecule has 0 amide bonds. The van der Waals surface area contributed by atoms with Gasteiger partial charge in [0.25, 0.3) is 0 Å². The average molecular weight is 277 g/mol. The van der Waals surface area contributed by atoms with Crippen LogP contribution in [0.1, 0.15) is 62.9 Å². The SMILES string of the molecule is [2H]c1cc2c(c([2H])c1O)CCC1C2CC[C@@]2(C)C1CC([2H])([2H])[C@]2([2H])O. The minimum Gasteiger partial charge on any atom is -0.508 e. The summed E-state index contributed by atoms with van der Waals surface area (Å²) in [4.78, 5) is 0. The minimum absolute atomic E-state index is 0.0310. The van der Waals surface area contributed by atoms with E-state index in [4.69, 9.17) is 6.85 Å². The van der Waals surface area contributed by atoms with Crippen LogP contribution in [0.15, 0.2) is 18.2 Å². The van der Waals surface area contributed by atoms with Gasteiger partial charge in [-0.3, -0.25) is 0 Å². The molecule has 1 aromatic carbocycles. The molecule has 0 aliphatic heterocycles. The Balaban J connectivity index is 1.79. The highest BCUT2D eigenvalue weighted by Gasteiger charge is 2.54. The lowest BCUT2D eigenvalue weighted by Gasteiger charge is -2.50. The quantitative estimate of drug-likeness (QED) is 0.760. The molecule has 0 heterocycles. The highest BCUT2D eigenvalue weighted by molar-refractivity contribution is 5.40. The van der Waals surface area contributed by atoms with Gasteiger partial charge in [-0.05, 0) is 84.9 Å². The summed E-state index contributed by atoms with van der Waals surface area (Å²) in [6, 6.07) is 1.68. The lowest BCUT2D eigenvalue weighted by molar-refractivity contribution is -0.0226. The van der Waals surface area contributed by atoms with Gasteiger partial charge in [-0.25, -0.2) is 0 Å². The summed E-state index contributed by atoms with van der Waals surface area (Å²) in [5.74, 6) is -0.103. The van der Waals surface area contributed by atoms with Crippen molar-refractivity contribution in [2.24, 2.45) is 17.3 Å². The van der Waals surface area contributed by atoms with Gasteiger partial charge in [0.05, 0.1) is 10.2 Å². The molecule has 3 aliphatic rings. The molecule has 5 atom stereocenters. The Morgan fingerprint density at radius 2 is 2.30 bits per heavy atom. The van der Waals surface area contributed by atoms with Crippen molar-refractivity contribution >= 4 is 0 Å². The molecule has 2 nitrogen and oxygen atoms in total. The summed E-state index contributed by atoms with van der Waals surface area (Å²) in [7, 11) is 0. The number of aliphatic hydroxyl groups is 1. The van der Waals surface area contributed by atoms with Gasteiger partial charge in [0.1, 0.15) is 5.75 Å². The van der Waals surface area contributed by atoms with Crippen LogP contribution >= 0.6 is 0 Å². The number of hydrogen-bond donors (Lipinski definition) is 2. The molecule has 0 radical (unpaired) electrons. The molecule has 0 aromatic heterocycles. The van der Waals surface area contributed by atoms with E-state index in [-0.39, 0.29) is 42.0 Å². The molecule has 1 aromatic rings. The maximum atomic E-state index is 10.7. The van der Waals surface area contributed by atoms with Gasteiger partial charge in [-0.1, -0.05) is 13.0 Å². The van der Waals surface area contributed by atoms with E-state index in [1.165, 1.54) is 0 Å². The van der Waals surface area contributed by atoms with E-state index < -0.39 is 17.9 Å². The van der Waals surface area contributed by atoms with Crippen LogP contribution < -0.4 is 0 Å². The van der Waals surface area contributed by atoms with Gasteiger partial charge in [0, 0.05) is 2.74 Å². The van der Waals surface area contributed by atoms with E-state index in [0.717, 1.165) is 17.5 Å². The first kappa shape index (κ1) is 8.43. The van der Waals surface area contributed by atoms with E-state index in [1.54, 1.807) is 6.07 Å². The smallest absolute Gasteiger partial charge is 0.115 e. The Morgan fingerprint density at radius 1 is 1.45 bits per heavy atom. The van der Waals surface area contributed by atoms with Gasteiger partial charge in [0.2, 0.25) is 0 Å². The van der Waals surface area contributed by atoms with Gasteiger partial charge in [-0.2, -0.15) is 0 Å².